The maximum absolute atomic E-state index is 11.3. The normalized spacial score (nSPS) is 12.5. The largest absolute Gasteiger partial charge is 0.394 e. The Balaban J connectivity index is 2.59. The molecule has 1 aromatic rings. The zero-order chi connectivity index (χ0) is 9.68. The summed E-state index contributed by atoms with van der Waals surface area (Å²) in [6.07, 6.45) is -0.978. The molecule has 0 aliphatic carbocycles. The molecule has 1 atom stereocenters. The van der Waals surface area contributed by atoms with Gasteiger partial charge in [-0.25, -0.2) is 0 Å². The molecule has 0 unspecified atom stereocenters. The number of Topliss-reactive ketones (excluding diaryl/α,β-unsaturated/α-hetero) is 1. The van der Waals surface area contributed by atoms with Crippen LogP contribution in [0.25, 0.3) is 0 Å². The molecule has 0 heterocycles. The van der Waals surface area contributed by atoms with E-state index in [4.69, 9.17) is 10.2 Å². The monoisotopic (exact) mass is 180 g/mol. The Morgan fingerprint density at radius 2 is 1.92 bits per heavy atom. The highest BCUT2D eigenvalue weighted by Gasteiger charge is 2.10. The van der Waals surface area contributed by atoms with E-state index in [2.05, 4.69) is 0 Å². The Labute approximate surface area is 76.6 Å². The molecule has 0 spiro atoms. The van der Waals surface area contributed by atoms with E-state index < -0.39 is 6.10 Å². The lowest BCUT2D eigenvalue weighted by Crippen LogP contribution is -2.17. The second kappa shape index (κ2) is 4.74. The third kappa shape index (κ3) is 2.97. The second-order valence-corrected chi connectivity index (χ2v) is 2.83. The topological polar surface area (TPSA) is 57.5 Å². The van der Waals surface area contributed by atoms with Gasteiger partial charge in [0.25, 0.3) is 0 Å². The Hall–Kier alpha value is -1.19. The van der Waals surface area contributed by atoms with Crippen molar-refractivity contribution in [3.63, 3.8) is 0 Å². The first-order valence-electron chi connectivity index (χ1n) is 4.11. The fraction of sp³-hybridized carbons (Fsp3) is 0.300. The molecule has 2 N–H and O–H groups in total. The molecule has 0 aromatic heterocycles. The third-order valence-electron chi connectivity index (χ3n) is 1.73. The van der Waals surface area contributed by atoms with Crippen LogP contribution in [0.5, 0.6) is 0 Å². The molecule has 0 saturated heterocycles. The van der Waals surface area contributed by atoms with Gasteiger partial charge in [-0.3, -0.25) is 4.79 Å². The molecule has 70 valence electrons. The number of aliphatic hydroxyl groups excluding tert-OH is 2. The number of carbonyl (C=O) groups is 1. The first kappa shape index (κ1) is 9.89. The average molecular weight is 180 g/mol. The molecule has 1 aromatic carbocycles. The number of ketones is 1. The number of aliphatic hydroxyl groups is 2. The van der Waals surface area contributed by atoms with Crippen LogP contribution in [0.4, 0.5) is 0 Å². The van der Waals surface area contributed by atoms with Gasteiger partial charge >= 0.3 is 0 Å². The molecule has 0 bridgehead atoms. The van der Waals surface area contributed by atoms with Gasteiger partial charge in [0.2, 0.25) is 0 Å². The highest BCUT2D eigenvalue weighted by Crippen LogP contribution is 2.04. The minimum Gasteiger partial charge on any atom is -0.394 e. The van der Waals surface area contributed by atoms with Crippen LogP contribution < -0.4 is 0 Å². The second-order valence-electron chi connectivity index (χ2n) is 2.83. The SMILES string of the molecule is O=C(C[C@@H](O)CO)c1ccccc1. The van der Waals surface area contributed by atoms with Gasteiger partial charge in [-0.1, -0.05) is 30.3 Å². The molecule has 0 saturated carbocycles. The van der Waals surface area contributed by atoms with Crippen LogP contribution in [0.15, 0.2) is 30.3 Å². The predicted molar refractivity (Wildman–Crippen MR) is 48.5 cm³/mol. The minimum atomic E-state index is -0.951. The number of hydrogen-bond donors (Lipinski definition) is 2. The van der Waals surface area contributed by atoms with Crippen LogP contribution in [0, 0.1) is 0 Å². The van der Waals surface area contributed by atoms with E-state index in [1.54, 1.807) is 24.3 Å². The summed E-state index contributed by atoms with van der Waals surface area (Å²) in [6, 6.07) is 8.72. The van der Waals surface area contributed by atoms with Gasteiger partial charge in [0, 0.05) is 12.0 Å². The van der Waals surface area contributed by atoms with Gasteiger partial charge in [-0.2, -0.15) is 0 Å². The number of carbonyl (C=O) groups excluding carboxylic acids is 1. The molecule has 0 fully saturated rings. The van der Waals surface area contributed by atoms with Crippen LogP contribution in [0.2, 0.25) is 0 Å². The first-order valence-corrected chi connectivity index (χ1v) is 4.11. The van der Waals surface area contributed by atoms with Gasteiger partial charge in [0.15, 0.2) is 5.78 Å². The number of rotatable bonds is 4. The van der Waals surface area contributed by atoms with Crippen molar-refractivity contribution in [2.45, 2.75) is 12.5 Å². The van der Waals surface area contributed by atoms with Crippen LogP contribution in [0.1, 0.15) is 16.8 Å². The molecule has 13 heavy (non-hydrogen) atoms. The summed E-state index contributed by atoms with van der Waals surface area (Å²) in [5.74, 6) is -0.151. The molecule has 1 rings (SSSR count). The van der Waals surface area contributed by atoms with Crippen LogP contribution in [-0.4, -0.2) is 28.7 Å². The van der Waals surface area contributed by atoms with Crippen molar-refractivity contribution < 1.29 is 15.0 Å². The molecule has 0 amide bonds. The summed E-state index contributed by atoms with van der Waals surface area (Å²) in [7, 11) is 0. The maximum Gasteiger partial charge on any atom is 0.165 e. The van der Waals surface area contributed by atoms with E-state index >= 15 is 0 Å². The van der Waals surface area contributed by atoms with E-state index in [1.807, 2.05) is 6.07 Å². The predicted octanol–water partition coefficient (Wildman–Crippen LogP) is 0.613. The van der Waals surface area contributed by atoms with E-state index in [0.717, 1.165) is 0 Å². The maximum atomic E-state index is 11.3. The van der Waals surface area contributed by atoms with Crippen molar-refractivity contribution in [1.82, 2.24) is 0 Å². The standard InChI is InChI=1S/C10H12O3/c11-7-9(12)6-10(13)8-4-2-1-3-5-8/h1-5,9,11-12H,6-7H2/t9-/m1/s1. The Bertz CT molecular complexity index is 269. The first-order chi connectivity index (χ1) is 6.24. The lowest BCUT2D eigenvalue weighted by Gasteiger charge is -2.05. The van der Waals surface area contributed by atoms with Crippen molar-refractivity contribution in [3.8, 4) is 0 Å². The molecular formula is C10H12O3. The minimum absolute atomic E-state index is 0.0273. The molecule has 3 heteroatoms. The van der Waals surface area contributed by atoms with Crippen molar-refractivity contribution in [3.05, 3.63) is 35.9 Å². The van der Waals surface area contributed by atoms with Gasteiger partial charge in [0.1, 0.15) is 0 Å². The lowest BCUT2D eigenvalue weighted by molar-refractivity contribution is 0.0703. The Kier molecular flexibility index (Phi) is 3.61. The molecule has 3 nitrogen and oxygen atoms in total. The van der Waals surface area contributed by atoms with Gasteiger partial charge < -0.3 is 10.2 Å². The van der Waals surface area contributed by atoms with E-state index in [-0.39, 0.29) is 18.8 Å². The van der Waals surface area contributed by atoms with Crippen LogP contribution in [-0.2, 0) is 0 Å². The average Bonchev–Trinajstić information content (AvgIpc) is 2.19. The van der Waals surface area contributed by atoms with E-state index in [9.17, 15) is 4.79 Å². The Morgan fingerprint density at radius 1 is 1.31 bits per heavy atom. The van der Waals surface area contributed by atoms with E-state index in [0.29, 0.717) is 5.56 Å². The Morgan fingerprint density at radius 3 is 2.46 bits per heavy atom. The summed E-state index contributed by atoms with van der Waals surface area (Å²) in [4.78, 5) is 11.3. The van der Waals surface area contributed by atoms with Crippen LogP contribution in [0.3, 0.4) is 0 Å². The summed E-state index contributed by atoms with van der Waals surface area (Å²) >= 11 is 0. The quantitative estimate of drug-likeness (QED) is 0.667. The number of hydrogen-bond acceptors (Lipinski definition) is 3. The van der Waals surface area contributed by atoms with Gasteiger partial charge in [0.05, 0.1) is 12.7 Å². The lowest BCUT2D eigenvalue weighted by atomic mass is 10.1. The van der Waals surface area contributed by atoms with Crippen molar-refractivity contribution in [2.24, 2.45) is 0 Å². The number of benzene rings is 1. The smallest absolute Gasteiger partial charge is 0.165 e. The summed E-state index contributed by atoms with van der Waals surface area (Å²) < 4.78 is 0. The highest BCUT2D eigenvalue weighted by atomic mass is 16.3. The molecular weight excluding hydrogens is 168 g/mol. The summed E-state index contributed by atoms with van der Waals surface area (Å²) in [5.41, 5.74) is 0.565. The van der Waals surface area contributed by atoms with Crippen molar-refractivity contribution >= 4 is 5.78 Å². The van der Waals surface area contributed by atoms with Crippen molar-refractivity contribution in [2.75, 3.05) is 6.61 Å². The van der Waals surface area contributed by atoms with E-state index in [1.165, 1.54) is 0 Å². The summed E-state index contributed by atoms with van der Waals surface area (Å²) in [5, 5.41) is 17.5. The van der Waals surface area contributed by atoms with Gasteiger partial charge in [-0.15, -0.1) is 0 Å². The third-order valence-corrected chi connectivity index (χ3v) is 1.73. The molecule has 0 aliphatic rings. The van der Waals surface area contributed by atoms with Gasteiger partial charge in [-0.05, 0) is 0 Å². The fourth-order valence-corrected chi connectivity index (χ4v) is 1.02. The zero-order valence-corrected chi connectivity index (χ0v) is 7.18. The fourth-order valence-electron chi connectivity index (χ4n) is 1.02. The molecule has 0 radical (unpaired) electrons. The van der Waals surface area contributed by atoms with Crippen LogP contribution >= 0.6 is 0 Å². The summed E-state index contributed by atoms with van der Waals surface area (Å²) in [6.45, 7) is -0.376. The highest BCUT2D eigenvalue weighted by molar-refractivity contribution is 5.96. The van der Waals surface area contributed by atoms with Crippen molar-refractivity contribution in [1.29, 1.82) is 0 Å². The molecule has 0 aliphatic heterocycles. The zero-order valence-electron chi connectivity index (χ0n) is 7.18.